The zero-order valence-electron chi connectivity index (χ0n) is 13.4. The molecule has 3 nitrogen and oxygen atoms in total. The van der Waals surface area contributed by atoms with Gasteiger partial charge in [-0.3, -0.25) is 4.99 Å². The van der Waals surface area contributed by atoms with Gasteiger partial charge in [-0.25, -0.2) is 0 Å². The van der Waals surface area contributed by atoms with Crippen LogP contribution in [0.15, 0.2) is 53.5 Å². The van der Waals surface area contributed by atoms with E-state index in [1.165, 1.54) is 16.8 Å². The summed E-state index contributed by atoms with van der Waals surface area (Å²) in [5.74, 6) is 0. The molecule has 1 aliphatic heterocycles. The van der Waals surface area contributed by atoms with Gasteiger partial charge in [0.15, 0.2) is 0 Å². The number of anilines is 1. The Balaban J connectivity index is 1.67. The summed E-state index contributed by atoms with van der Waals surface area (Å²) >= 11 is 0. The van der Waals surface area contributed by atoms with E-state index in [9.17, 15) is 0 Å². The van der Waals surface area contributed by atoms with Gasteiger partial charge in [-0.15, -0.1) is 0 Å². The van der Waals surface area contributed by atoms with Crippen molar-refractivity contribution in [1.29, 1.82) is 5.26 Å². The van der Waals surface area contributed by atoms with Gasteiger partial charge in [0.05, 0.1) is 17.2 Å². The molecule has 0 amide bonds. The highest BCUT2D eigenvalue weighted by atomic mass is 14.9. The fourth-order valence-corrected chi connectivity index (χ4v) is 3.05. The fourth-order valence-electron chi connectivity index (χ4n) is 3.05. The number of aryl methyl sites for hydroxylation is 1. The summed E-state index contributed by atoms with van der Waals surface area (Å²) in [7, 11) is 0. The van der Waals surface area contributed by atoms with Crippen LogP contribution in [0.25, 0.3) is 0 Å². The molecule has 116 valence electrons. The number of hydrogen-bond donors (Lipinski definition) is 1. The van der Waals surface area contributed by atoms with Gasteiger partial charge < -0.3 is 5.73 Å². The highest BCUT2D eigenvalue weighted by molar-refractivity contribution is 6.02. The van der Waals surface area contributed by atoms with Crippen molar-refractivity contribution in [2.75, 3.05) is 5.73 Å². The van der Waals surface area contributed by atoms with Crippen molar-refractivity contribution < 1.29 is 0 Å². The summed E-state index contributed by atoms with van der Waals surface area (Å²) in [4.78, 5) is 4.99. The molecule has 0 spiro atoms. The average molecular weight is 303 g/mol. The molecule has 0 bridgehead atoms. The summed E-state index contributed by atoms with van der Waals surface area (Å²) in [6.07, 6.45) is 4.12. The van der Waals surface area contributed by atoms with Crippen LogP contribution in [-0.2, 0) is 6.42 Å². The maximum Gasteiger partial charge on any atom is 0.0991 e. The van der Waals surface area contributed by atoms with Crippen LogP contribution < -0.4 is 5.73 Å². The van der Waals surface area contributed by atoms with E-state index in [-0.39, 0.29) is 5.54 Å². The second-order valence-electron chi connectivity index (χ2n) is 6.49. The molecule has 2 aromatic rings. The molecule has 0 fully saturated rings. The van der Waals surface area contributed by atoms with Crippen molar-refractivity contribution >= 4 is 11.4 Å². The van der Waals surface area contributed by atoms with Gasteiger partial charge in [-0.1, -0.05) is 24.3 Å². The van der Waals surface area contributed by atoms with Crippen LogP contribution >= 0.6 is 0 Å². The van der Waals surface area contributed by atoms with E-state index < -0.39 is 0 Å². The summed E-state index contributed by atoms with van der Waals surface area (Å²) in [5, 5.41) is 8.85. The number of nitrogen functional groups attached to an aromatic ring is 1. The predicted molar refractivity (Wildman–Crippen MR) is 94.5 cm³/mol. The fraction of sp³-hybridized carbons (Fsp3) is 0.300. The van der Waals surface area contributed by atoms with Crippen LogP contribution in [0, 0.1) is 11.3 Å². The highest BCUT2D eigenvalue weighted by Crippen LogP contribution is 2.32. The van der Waals surface area contributed by atoms with Crippen molar-refractivity contribution in [3.8, 4) is 6.07 Å². The predicted octanol–water partition coefficient (Wildman–Crippen LogP) is 4.11. The molecular weight excluding hydrogens is 282 g/mol. The molecule has 3 rings (SSSR count). The maximum absolute atomic E-state index is 8.85. The molecular formula is C20H21N3. The largest absolute Gasteiger partial charge is 0.399 e. The second kappa shape index (κ2) is 6.26. The number of benzene rings is 2. The Hall–Kier alpha value is -2.60. The summed E-state index contributed by atoms with van der Waals surface area (Å²) < 4.78 is 0. The second-order valence-corrected chi connectivity index (χ2v) is 6.49. The molecule has 23 heavy (non-hydrogen) atoms. The number of nitriles is 1. The van der Waals surface area contributed by atoms with E-state index >= 15 is 0 Å². The van der Waals surface area contributed by atoms with Gasteiger partial charge in [0.1, 0.15) is 0 Å². The van der Waals surface area contributed by atoms with Crippen LogP contribution in [-0.4, -0.2) is 11.3 Å². The molecule has 0 saturated carbocycles. The van der Waals surface area contributed by atoms with Gasteiger partial charge in [0.25, 0.3) is 0 Å². The first-order valence-electron chi connectivity index (χ1n) is 8.02. The van der Waals surface area contributed by atoms with Gasteiger partial charge in [0.2, 0.25) is 0 Å². The van der Waals surface area contributed by atoms with E-state index in [1.807, 2.05) is 36.4 Å². The van der Waals surface area contributed by atoms with Crippen molar-refractivity contribution in [1.82, 2.24) is 0 Å². The first-order valence-corrected chi connectivity index (χ1v) is 8.02. The minimum absolute atomic E-state index is 0.00458. The molecule has 1 unspecified atom stereocenters. The van der Waals surface area contributed by atoms with Crippen molar-refractivity contribution in [3.05, 3.63) is 65.2 Å². The molecule has 0 radical (unpaired) electrons. The third-order valence-corrected chi connectivity index (χ3v) is 4.58. The molecule has 0 saturated heterocycles. The van der Waals surface area contributed by atoms with Crippen LogP contribution in [0.4, 0.5) is 5.69 Å². The summed E-state index contributed by atoms with van der Waals surface area (Å²) in [6, 6.07) is 18.0. The lowest BCUT2D eigenvalue weighted by atomic mass is 9.91. The van der Waals surface area contributed by atoms with Crippen molar-refractivity contribution in [2.45, 2.75) is 38.1 Å². The first kappa shape index (κ1) is 15.3. The average Bonchev–Trinajstić information content (AvgIpc) is 2.97. The monoisotopic (exact) mass is 303 g/mol. The van der Waals surface area contributed by atoms with Gasteiger partial charge in [-0.2, -0.15) is 5.26 Å². The Morgan fingerprint density at radius 3 is 2.48 bits per heavy atom. The molecule has 3 heteroatoms. The van der Waals surface area contributed by atoms with E-state index in [0.29, 0.717) is 5.56 Å². The minimum atomic E-state index is 0.00458. The third-order valence-electron chi connectivity index (χ3n) is 4.58. The lowest BCUT2D eigenvalue weighted by molar-refractivity contribution is 0.435. The first-order chi connectivity index (χ1) is 11.1. The van der Waals surface area contributed by atoms with Crippen LogP contribution in [0.2, 0.25) is 0 Å². The molecule has 1 atom stereocenters. The van der Waals surface area contributed by atoms with Gasteiger partial charge >= 0.3 is 0 Å². The SMILES string of the molecule is CC1(CCc2ccc(C#N)cc2)CCC(c2ccc(N)cc2)=N1. The molecule has 1 aliphatic rings. The summed E-state index contributed by atoms with van der Waals surface area (Å²) in [5.41, 5.74) is 10.9. The topological polar surface area (TPSA) is 62.2 Å². The molecule has 0 aromatic heterocycles. The lowest BCUT2D eigenvalue weighted by Gasteiger charge is -2.20. The van der Waals surface area contributed by atoms with Gasteiger partial charge in [-0.05, 0) is 68.0 Å². The quantitative estimate of drug-likeness (QED) is 0.864. The lowest BCUT2D eigenvalue weighted by Crippen LogP contribution is -2.19. The Labute approximate surface area is 137 Å². The van der Waals surface area contributed by atoms with Crippen LogP contribution in [0.5, 0.6) is 0 Å². The van der Waals surface area contributed by atoms with E-state index in [0.717, 1.165) is 31.4 Å². The van der Waals surface area contributed by atoms with E-state index in [2.05, 4.69) is 25.1 Å². The smallest absolute Gasteiger partial charge is 0.0991 e. The van der Waals surface area contributed by atoms with Crippen molar-refractivity contribution in [2.24, 2.45) is 4.99 Å². The van der Waals surface area contributed by atoms with Crippen LogP contribution in [0.3, 0.4) is 0 Å². The van der Waals surface area contributed by atoms with E-state index in [1.54, 1.807) is 0 Å². The molecule has 0 aliphatic carbocycles. The zero-order valence-corrected chi connectivity index (χ0v) is 13.4. The summed E-state index contributed by atoms with van der Waals surface area (Å²) in [6.45, 7) is 2.24. The molecule has 2 aromatic carbocycles. The molecule has 1 heterocycles. The Kier molecular flexibility index (Phi) is 4.16. The maximum atomic E-state index is 8.85. The molecule has 2 N–H and O–H groups in total. The number of aliphatic imine (C=N–C) groups is 1. The Morgan fingerprint density at radius 2 is 1.83 bits per heavy atom. The van der Waals surface area contributed by atoms with Crippen molar-refractivity contribution in [3.63, 3.8) is 0 Å². The minimum Gasteiger partial charge on any atom is -0.399 e. The number of rotatable bonds is 4. The zero-order chi connectivity index (χ0) is 16.3. The van der Waals surface area contributed by atoms with Crippen LogP contribution in [0.1, 0.15) is 42.9 Å². The number of nitrogens with zero attached hydrogens (tertiary/aromatic N) is 2. The standard InChI is InChI=1S/C20H21N3/c1-20(12-10-15-2-4-16(14-21)5-3-15)13-11-19(23-20)17-6-8-18(22)9-7-17/h2-9H,10-13,22H2,1H3. The Bertz CT molecular complexity index is 751. The number of hydrogen-bond acceptors (Lipinski definition) is 3. The highest BCUT2D eigenvalue weighted by Gasteiger charge is 2.29. The normalized spacial score (nSPS) is 20.1. The third kappa shape index (κ3) is 3.60. The number of nitrogens with two attached hydrogens (primary N) is 1. The van der Waals surface area contributed by atoms with Gasteiger partial charge in [0, 0.05) is 11.4 Å². The van der Waals surface area contributed by atoms with E-state index in [4.69, 9.17) is 16.0 Å². The Morgan fingerprint density at radius 1 is 1.13 bits per heavy atom.